The van der Waals surface area contributed by atoms with E-state index in [-0.39, 0.29) is 6.03 Å². The maximum Gasteiger partial charge on any atom is 0.319 e. The number of hydrogen-bond acceptors (Lipinski definition) is 3. The summed E-state index contributed by atoms with van der Waals surface area (Å²) in [7, 11) is 1.63. The summed E-state index contributed by atoms with van der Waals surface area (Å²) >= 11 is 0. The van der Waals surface area contributed by atoms with Gasteiger partial charge >= 0.3 is 6.03 Å². The molecule has 3 aromatic rings. The number of fused-ring (bicyclic) bond motifs is 1. The third-order valence-electron chi connectivity index (χ3n) is 4.77. The summed E-state index contributed by atoms with van der Waals surface area (Å²) in [6.07, 6.45) is 4.14. The Kier molecular flexibility index (Phi) is 4.78. The quantitative estimate of drug-likeness (QED) is 0.725. The lowest BCUT2D eigenvalue weighted by Crippen LogP contribution is -2.28. The molecule has 0 spiro atoms. The molecule has 1 aliphatic rings. The summed E-state index contributed by atoms with van der Waals surface area (Å²) in [5.74, 6) is 1.96. The van der Waals surface area contributed by atoms with E-state index in [1.165, 1.54) is 0 Å². The number of carbonyl (C=O) groups excluding carboxylic acids is 1. The molecule has 6 heteroatoms. The fourth-order valence-electron chi connectivity index (χ4n) is 3.31. The number of nitrogens with zero attached hydrogens (tertiary/aromatic N) is 2. The van der Waals surface area contributed by atoms with Gasteiger partial charge in [0.25, 0.3) is 0 Å². The third kappa shape index (κ3) is 3.79. The van der Waals surface area contributed by atoms with E-state index in [2.05, 4.69) is 20.2 Å². The van der Waals surface area contributed by atoms with E-state index < -0.39 is 0 Å². The van der Waals surface area contributed by atoms with Crippen LogP contribution in [0.25, 0.3) is 11.3 Å². The maximum absolute atomic E-state index is 12.1. The maximum atomic E-state index is 12.1. The first-order chi connectivity index (χ1) is 13.2. The van der Waals surface area contributed by atoms with Crippen molar-refractivity contribution in [2.24, 2.45) is 0 Å². The highest BCUT2D eigenvalue weighted by atomic mass is 16.5. The van der Waals surface area contributed by atoms with Crippen molar-refractivity contribution in [3.63, 3.8) is 0 Å². The van der Waals surface area contributed by atoms with Gasteiger partial charge in [-0.15, -0.1) is 0 Å². The Morgan fingerprint density at radius 3 is 2.67 bits per heavy atom. The van der Waals surface area contributed by atoms with Gasteiger partial charge in [0.15, 0.2) is 0 Å². The largest absolute Gasteiger partial charge is 0.497 e. The molecule has 2 aromatic carbocycles. The minimum Gasteiger partial charge on any atom is -0.497 e. The van der Waals surface area contributed by atoms with Crippen LogP contribution in [-0.4, -0.2) is 22.7 Å². The molecule has 0 fully saturated rings. The van der Waals surface area contributed by atoms with Gasteiger partial charge in [-0.05, 0) is 41.8 Å². The normalized spacial score (nSPS) is 12.5. The van der Waals surface area contributed by atoms with Crippen molar-refractivity contribution < 1.29 is 9.53 Å². The number of rotatable bonds is 5. The van der Waals surface area contributed by atoms with Crippen LogP contribution < -0.4 is 15.4 Å². The molecule has 0 unspecified atom stereocenters. The summed E-state index contributed by atoms with van der Waals surface area (Å²) in [5.41, 5.74) is 4.01. The molecule has 0 saturated carbocycles. The number of benzene rings is 2. The first kappa shape index (κ1) is 17.1. The van der Waals surface area contributed by atoms with Crippen LogP contribution in [0.5, 0.6) is 5.75 Å². The summed E-state index contributed by atoms with van der Waals surface area (Å²) in [6.45, 7) is 1.48. The van der Waals surface area contributed by atoms with E-state index in [0.717, 1.165) is 53.5 Å². The van der Waals surface area contributed by atoms with E-state index in [1.807, 2.05) is 54.7 Å². The average molecular weight is 362 g/mol. The Labute approximate surface area is 158 Å². The summed E-state index contributed by atoms with van der Waals surface area (Å²) in [6, 6.07) is 15.2. The molecule has 0 radical (unpaired) electrons. The third-order valence-corrected chi connectivity index (χ3v) is 4.77. The highest BCUT2D eigenvalue weighted by molar-refractivity contribution is 5.89. The molecule has 0 atom stereocenters. The van der Waals surface area contributed by atoms with Crippen LogP contribution in [0.3, 0.4) is 0 Å². The topological polar surface area (TPSA) is 68.2 Å². The lowest BCUT2D eigenvalue weighted by molar-refractivity contribution is 0.251. The van der Waals surface area contributed by atoms with Gasteiger partial charge in [-0.1, -0.05) is 24.3 Å². The van der Waals surface area contributed by atoms with Gasteiger partial charge in [-0.3, -0.25) is 0 Å². The Morgan fingerprint density at radius 1 is 1.15 bits per heavy atom. The number of nitrogens with one attached hydrogen (secondary N) is 2. The number of aryl methyl sites for hydroxylation is 1. The minimum atomic E-state index is -0.233. The number of amides is 2. The molecule has 4 rings (SSSR count). The fourth-order valence-corrected chi connectivity index (χ4v) is 3.31. The lowest BCUT2D eigenvalue weighted by atomic mass is 10.1. The number of ether oxygens (including phenoxy) is 1. The van der Waals surface area contributed by atoms with E-state index in [4.69, 9.17) is 4.74 Å². The second-order valence-electron chi connectivity index (χ2n) is 6.55. The van der Waals surface area contributed by atoms with Crippen LogP contribution in [0.2, 0.25) is 0 Å². The molecule has 1 aromatic heterocycles. The predicted molar refractivity (Wildman–Crippen MR) is 105 cm³/mol. The molecule has 2 heterocycles. The van der Waals surface area contributed by atoms with Crippen molar-refractivity contribution >= 4 is 11.7 Å². The molecule has 0 saturated heterocycles. The number of imidazole rings is 1. The van der Waals surface area contributed by atoms with Gasteiger partial charge in [0, 0.05) is 25.2 Å². The molecule has 0 aliphatic carbocycles. The van der Waals surface area contributed by atoms with Crippen LogP contribution in [0.15, 0.2) is 54.7 Å². The molecule has 0 bridgehead atoms. The number of methoxy groups -OCH3 is 1. The van der Waals surface area contributed by atoms with Crippen molar-refractivity contribution in [2.75, 3.05) is 12.4 Å². The monoisotopic (exact) mass is 362 g/mol. The zero-order valence-electron chi connectivity index (χ0n) is 15.2. The highest BCUT2D eigenvalue weighted by Gasteiger charge is 2.16. The summed E-state index contributed by atoms with van der Waals surface area (Å²) in [5, 5.41) is 5.72. The molecule has 1 aliphatic heterocycles. The molecule has 138 valence electrons. The van der Waals surface area contributed by atoms with Crippen LogP contribution in [0.1, 0.15) is 17.8 Å². The molecular weight excluding hydrogens is 340 g/mol. The second-order valence-corrected chi connectivity index (χ2v) is 6.55. The Balaban J connectivity index is 1.34. The highest BCUT2D eigenvalue weighted by Crippen LogP contribution is 2.26. The molecule has 6 nitrogen and oxygen atoms in total. The number of anilines is 1. The van der Waals surface area contributed by atoms with Crippen molar-refractivity contribution in [2.45, 2.75) is 25.9 Å². The van der Waals surface area contributed by atoms with Gasteiger partial charge in [0.1, 0.15) is 11.6 Å². The van der Waals surface area contributed by atoms with Gasteiger partial charge < -0.3 is 19.9 Å². The van der Waals surface area contributed by atoms with Crippen LogP contribution in [0, 0.1) is 0 Å². The molecule has 2 amide bonds. The minimum absolute atomic E-state index is 0.233. The number of carbonyl (C=O) groups is 1. The number of aromatic nitrogens is 2. The van der Waals surface area contributed by atoms with Crippen molar-refractivity contribution in [1.82, 2.24) is 14.9 Å². The van der Waals surface area contributed by atoms with Gasteiger partial charge in [0.05, 0.1) is 19.0 Å². The van der Waals surface area contributed by atoms with Gasteiger partial charge in [-0.25, -0.2) is 9.78 Å². The van der Waals surface area contributed by atoms with E-state index in [0.29, 0.717) is 6.54 Å². The van der Waals surface area contributed by atoms with E-state index in [9.17, 15) is 4.79 Å². The van der Waals surface area contributed by atoms with Crippen molar-refractivity contribution in [3.8, 4) is 17.0 Å². The Bertz CT molecular complexity index is 930. The first-order valence-electron chi connectivity index (χ1n) is 9.05. The zero-order valence-corrected chi connectivity index (χ0v) is 15.2. The second kappa shape index (κ2) is 7.53. The van der Waals surface area contributed by atoms with E-state index in [1.54, 1.807) is 7.11 Å². The smallest absolute Gasteiger partial charge is 0.319 e. The summed E-state index contributed by atoms with van der Waals surface area (Å²) < 4.78 is 7.40. The first-order valence-corrected chi connectivity index (χ1v) is 9.05. The molecule has 27 heavy (non-hydrogen) atoms. The molecular formula is C21H22N4O2. The number of hydrogen-bond donors (Lipinski definition) is 2. The SMILES string of the molecule is COc1ccc(CNC(=O)Nc2ccc(-c3cnc4n3CCC4)cc2)cc1. The van der Waals surface area contributed by atoms with Crippen LogP contribution in [0.4, 0.5) is 10.5 Å². The average Bonchev–Trinajstić information content (AvgIpc) is 3.31. The van der Waals surface area contributed by atoms with Crippen LogP contribution >= 0.6 is 0 Å². The molecule has 2 N–H and O–H groups in total. The van der Waals surface area contributed by atoms with Crippen LogP contribution in [-0.2, 0) is 19.5 Å². The Hall–Kier alpha value is -3.28. The zero-order chi connectivity index (χ0) is 18.6. The Morgan fingerprint density at radius 2 is 1.93 bits per heavy atom. The van der Waals surface area contributed by atoms with E-state index >= 15 is 0 Å². The van der Waals surface area contributed by atoms with Gasteiger partial charge in [-0.2, -0.15) is 0 Å². The van der Waals surface area contributed by atoms with Crippen molar-refractivity contribution in [1.29, 1.82) is 0 Å². The van der Waals surface area contributed by atoms with Crippen molar-refractivity contribution in [3.05, 3.63) is 66.1 Å². The fraction of sp³-hybridized carbons (Fsp3) is 0.238. The number of urea groups is 1. The summed E-state index contributed by atoms with van der Waals surface area (Å²) in [4.78, 5) is 16.6. The van der Waals surface area contributed by atoms with Gasteiger partial charge in [0.2, 0.25) is 0 Å². The standard InChI is InChI=1S/C21H22N4O2/c1-27-18-10-4-15(5-11-18)13-23-21(26)24-17-8-6-16(7-9-17)19-14-22-20-3-2-12-25(19)20/h4-11,14H,2-3,12-13H2,1H3,(H2,23,24,26). The predicted octanol–water partition coefficient (Wildman–Crippen LogP) is 3.83. The lowest BCUT2D eigenvalue weighted by Gasteiger charge is -2.10.